The molecule has 0 bridgehead atoms. The first-order valence-corrected chi connectivity index (χ1v) is 9.72. The van der Waals surface area contributed by atoms with Gasteiger partial charge in [0, 0.05) is 11.1 Å². The minimum atomic E-state index is -1.24. The first-order chi connectivity index (χ1) is 15.0. The molecule has 0 aliphatic heterocycles. The van der Waals surface area contributed by atoms with Crippen molar-refractivity contribution in [2.75, 3.05) is 7.11 Å². The van der Waals surface area contributed by atoms with Crippen LogP contribution < -0.4 is 4.74 Å². The van der Waals surface area contributed by atoms with Crippen molar-refractivity contribution in [2.24, 2.45) is 0 Å². The molecule has 1 heterocycles. The zero-order chi connectivity index (χ0) is 22.0. The molecule has 0 atom stereocenters. The Labute approximate surface area is 179 Å². The van der Waals surface area contributed by atoms with Crippen molar-refractivity contribution in [3.8, 4) is 28.4 Å². The Morgan fingerprint density at radius 3 is 1.84 bits per heavy atom. The van der Waals surface area contributed by atoms with Gasteiger partial charge in [-0.3, -0.25) is 4.79 Å². The third-order valence-corrected chi connectivity index (χ3v) is 5.08. The van der Waals surface area contributed by atoms with E-state index in [0.29, 0.717) is 16.9 Å². The van der Waals surface area contributed by atoms with Gasteiger partial charge in [0.25, 0.3) is 0 Å². The number of methoxy groups -OCH3 is 1. The van der Waals surface area contributed by atoms with Crippen molar-refractivity contribution >= 4 is 11.8 Å². The summed E-state index contributed by atoms with van der Waals surface area (Å²) in [6.07, 6.45) is 0. The highest BCUT2D eigenvalue weighted by molar-refractivity contribution is 6.20. The first-order valence-electron chi connectivity index (χ1n) is 9.72. The Hall–Kier alpha value is -4.12. The summed E-state index contributed by atoms with van der Waals surface area (Å²) in [6.45, 7) is 1.83. The van der Waals surface area contributed by atoms with E-state index in [1.807, 2.05) is 37.3 Å². The Balaban J connectivity index is 2.05. The second kappa shape index (κ2) is 8.32. The molecule has 0 aliphatic rings. The zero-order valence-electron chi connectivity index (χ0n) is 17.1. The van der Waals surface area contributed by atoms with Gasteiger partial charge >= 0.3 is 5.97 Å². The maximum Gasteiger partial charge on any atom is 0.340 e. The molecule has 1 aromatic heterocycles. The van der Waals surface area contributed by atoms with Crippen LogP contribution >= 0.6 is 0 Å². The van der Waals surface area contributed by atoms with Crippen LogP contribution in [0, 0.1) is 6.92 Å². The number of ether oxygens (including phenoxy) is 1. The number of furan rings is 1. The largest absolute Gasteiger partial charge is 0.496 e. The molecule has 31 heavy (non-hydrogen) atoms. The topological polar surface area (TPSA) is 76.7 Å². The summed E-state index contributed by atoms with van der Waals surface area (Å²) in [5, 5.41) is 10.1. The number of aromatic carboxylic acids is 1. The number of carbonyl (C=O) groups is 2. The monoisotopic (exact) mass is 412 g/mol. The number of hydrogen-bond donors (Lipinski definition) is 1. The predicted octanol–water partition coefficient (Wildman–Crippen LogP) is 5.86. The molecule has 0 unspecified atom stereocenters. The molecule has 0 saturated heterocycles. The molecular weight excluding hydrogens is 392 g/mol. The van der Waals surface area contributed by atoms with Gasteiger partial charge in [0.1, 0.15) is 22.8 Å². The van der Waals surface area contributed by atoms with Crippen molar-refractivity contribution in [1.82, 2.24) is 0 Å². The van der Waals surface area contributed by atoms with E-state index < -0.39 is 11.8 Å². The molecule has 1 N–H and O–H groups in total. The number of carboxylic acids is 1. The molecule has 5 nitrogen and oxygen atoms in total. The number of aryl methyl sites for hydroxylation is 1. The van der Waals surface area contributed by atoms with Crippen LogP contribution in [0.15, 0.2) is 83.3 Å². The summed E-state index contributed by atoms with van der Waals surface area (Å²) in [6, 6.07) is 23.1. The molecular formula is C26H20O5. The molecule has 0 aliphatic carbocycles. The molecule has 0 spiro atoms. The Morgan fingerprint density at radius 1 is 0.774 bits per heavy atom. The van der Waals surface area contributed by atoms with Gasteiger partial charge in [0.15, 0.2) is 0 Å². The number of benzene rings is 3. The van der Waals surface area contributed by atoms with E-state index in [9.17, 15) is 14.7 Å². The van der Waals surface area contributed by atoms with Crippen LogP contribution in [0.25, 0.3) is 22.6 Å². The smallest absolute Gasteiger partial charge is 0.340 e. The number of hydrogen-bond acceptors (Lipinski definition) is 4. The van der Waals surface area contributed by atoms with E-state index in [4.69, 9.17) is 9.15 Å². The second-order valence-electron chi connectivity index (χ2n) is 7.03. The molecule has 0 saturated carbocycles. The van der Waals surface area contributed by atoms with Crippen LogP contribution in [0.1, 0.15) is 31.8 Å². The lowest BCUT2D eigenvalue weighted by atomic mass is 9.93. The van der Waals surface area contributed by atoms with Gasteiger partial charge in [0.2, 0.25) is 5.78 Å². The lowest BCUT2D eigenvalue weighted by Crippen LogP contribution is -2.11. The number of carbonyl (C=O) groups excluding carboxylic acids is 1. The van der Waals surface area contributed by atoms with E-state index in [0.717, 1.165) is 5.56 Å². The van der Waals surface area contributed by atoms with E-state index >= 15 is 0 Å². The Bertz CT molecular complexity index is 1250. The number of para-hydroxylation sites is 1. The fourth-order valence-electron chi connectivity index (χ4n) is 3.67. The van der Waals surface area contributed by atoms with Crippen molar-refractivity contribution in [1.29, 1.82) is 0 Å². The summed E-state index contributed by atoms with van der Waals surface area (Å²) in [4.78, 5) is 26.1. The lowest BCUT2D eigenvalue weighted by molar-refractivity contribution is 0.0693. The Kier molecular flexibility index (Phi) is 5.41. The first kappa shape index (κ1) is 20.2. The van der Waals surface area contributed by atoms with Crippen molar-refractivity contribution in [3.63, 3.8) is 0 Å². The molecule has 154 valence electrons. The molecule has 3 aromatic carbocycles. The lowest BCUT2D eigenvalue weighted by Gasteiger charge is -2.11. The van der Waals surface area contributed by atoms with Crippen LogP contribution in [0.4, 0.5) is 0 Å². The van der Waals surface area contributed by atoms with Gasteiger partial charge in [-0.15, -0.1) is 0 Å². The highest BCUT2D eigenvalue weighted by atomic mass is 16.5. The summed E-state index contributed by atoms with van der Waals surface area (Å²) in [7, 11) is 1.49. The highest BCUT2D eigenvalue weighted by Gasteiger charge is 2.33. The van der Waals surface area contributed by atoms with E-state index in [1.54, 1.807) is 48.5 Å². The minimum Gasteiger partial charge on any atom is -0.496 e. The van der Waals surface area contributed by atoms with Gasteiger partial charge in [-0.05, 0) is 18.6 Å². The fourth-order valence-corrected chi connectivity index (χ4v) is 3.67. The van der Waals surface area contributed by atoms with Gasteiger partial charge in [-0.25, -0.2) is 4.79 Å². The molecule has 4 rings (SSSR count). The third-order valence-electron chi connectivity index (χ3n) is 5.08. The van der Waals surface area contributed by atoms with E-state index in [-0.39, 0.29) is 28.2 Å². The summed E-state index contributed by atoms with van der Waals surface area (Å²) >= 11 is 0. The number of carboxylic acid groups (broad SMARTS) is 1. The number of ketones is 1. The SMILES string of the molecule is COc1c(C)cccc1C(=O)c1c(-c2ccccc2)oc(-c2ccccc2)c1C(=O)O. The summed E-state index contributed by atoms with van der Waals surface area (Å²) in [5.41, 5.74) is 2.08. The molecule has 5 heteroatoms. The van der Waals surface area contributed by atoms with E-state index in [2.05, 4.69) is 0 Å². The van der Waals surface area contributed by atoms with Gasteiger partial charge in [0.05, 0.1) is 18.2 Å². The zero-order valence-corrected chi connectivity index (χ0v) is 17.1. The molecule has 0 amide bonds. The quantitative estimate of drug-likeness (QED) is 0.401. The third kappa shape index (κ3) is 3.62. The maximum atomic E-state index is 13.7. The average molecular weight is 412 g/mol. The fraction of sp³-hybridized carbons (Fsp3) is 0.0769. The van der Waals surface area contributed by atoms with Gasteiger partial charge < -0.3 is 14.3 Å². The van der Waals surface area contributed by atoms with Gasteiger partial charge in [-0.2, -0.15) is 0 Å². The summed E-state index contributed by atoms with van der Waals surface area (Å²) < 4.78 is 11.5. The van der Waals surface area contributed by atoms with Crippen LogP contribution in [-0.4, -0.2) is 24.0 Å². The van der Waals surface area contributed by atoms with Crippen LogP contribution in [0.3, 0.4) is 0 Å². The van der Waals surface area contributed by atoms with Crippen LogP contribution in [0.2, 0.25) is 0 Å². The van der Waals surface area contributed by atoms with Crippen LogP contribution in [-0.2, 0) is 0 Å². The van der Waals surface area contributed by atoms with Crippen molar-refractivity contribution in [3.05, 3.63) is 101 Å². The number of rotatable bonds is 6. The minimum absolute atomic E-state index is 0.00135. The van der Waals surface area contributed by atoms with Crippen molar-refractivity contribution < 1.29 is 23.8 Å². The van der Waals surface area contributed by atoms with Crippen LogP contribution in [0.5, 0.6) is 5.75 Å². The molecule has 0 fully saturated rings. The average Bonchev–Trinajstić information content (AvgIpc) is 3.20. The second-order valence-corrected chi connectivity index (χ2v) is 7.03. The maximum absolute atomic E-state index is 13.7. The van der Waals surface area contributed by atoms with E-state index in [1.165, 1.54) is 7.11 Å². The molecule has 0 radical (unpaired) electrons. The van der Waals surface area contributed by atoms with Crippen molar-refractivity contribution in [2.45, 2.75) is 6.92 Å². The highest BCUT2D eigenvalue weighted by Crippen LogP contribution is 2.39. The molecule has 4 aromatic rings. The summed E-state index contributed by atoms with van der Waals surface area (Å²) in [5.74, 6) is -0.944. The standard InChI is InChI=1S/C26H20O5/c1-16-10-9-15-19(23(16)30-2)22(27)20-21(26(28)29)25(18-13-7-4-8-14-18)31-24(20)17-11-5-3-6-12-17/h3-15H,1-2H3,(H,28,29). The predicted molar refractivity (Wildman–Crippen MR) is 118 cm³/mol. The van der Waals surface area contributed by atoms with Gasteiger partial charge in [-0.1, -0.05) is 72.8 Å². The Morgan fingerprint density at radius 2 is 1.32 bits per heavy atom. The normalized spacial score (nSPS) is 10.6.